The number of aryl methyl sites for hydroxylation is 1. The monoisotopic (exact) mass is 290 g/mol. The van der Waals surface area contributed by atoms with E-state index in [0.717, 1.165) is 24.8 Å². The van der Waals surface area contributed by atoms with E-state index >= 15 is 0 Å². The standard InChI is InChI=1S/C16H22N2O3/c1-9-7-11(8-12(10(9)2)14(19)20)18-15(21)16(3)6-4-5-13(16)17/h7-8,13H,4-6,17H2,1-3H3,(H,18,21)(H,19,20). The van der Waals surface area contributed by atoms with Crippen LogP contribution in [0.2, 0.25) is 0 Å². The van der Waals surface area contributed by atoms with Crippen molar-refractivity contribution in [3.8, 4) is 0 Å². The average molecular weight is 290 g/mol. The van der Waals surface area contributed by atoms with Gasteiger partial charge in [0.25, 0.3) is 0 Å². The van der Waals surface area contributed by atoms with Crippen molar-refractivity contribution in [2.75, 3.05) is 5.32 Å². The number of nitrogens with two attached hydrogens (primary N) is 1. The largest absolute Gasteiger partial charge is 0.478 e. The van der Waals surface area contributed by atoms with E-state index in [1.807, 2.05) is 13.8 Å². The molecule has 0 bridgehead atoms. The van der Waals surface area contributed by atoms with Gasteiger partial charge in [-0.1, -0.05) is 6.42 Å². The number of amides is 1. The molecule has 2 atom stereocenters. The lowest BCUT2D eigenvalue weighted by Crippen LogP contribution is -2.44. The van der Waals surface area contributed by atoms with Crippen LogP contribution in [0.1, 0.15) is 47.7 Å². The number of nitrogens with one attached hydrogen (secondary N) is 1. The Balaban J connectivity index is 2.28. The van der Waals surface area contributed by atoms with Gasteiger partial charge in [-0.2, -0.15) is 0 Å². The maximum absolute atomic E-state index is 12.5. The van der Waals surface area contributed by atoms with Crippen LogP contribution in [0, 0.1) is 19.3 Å². The maximum Gasteiger partial charge on any atom is 0.336 e. The summed E-state index contributed by atoms with van der Waals surface area (Å²) in [6, 6.07) is 3.15. The molecule has 5 nitrogen and oxygen atoms in total. The zero-order valence-corrected chi connectivity index (χ0v) is 12.7. The lowest BCUT2D eigenvalue weighted by molar-refractivity contribution is -0.125. The molecule has 1 aliphatic rings. The molecule has 0 heterocycles. The molecule has 0 spiro atoms. The summed E-state index contributed by atoms with van der Waals surface area (Å²) in [6.45, 7) is 5.47. The van der Waals surface area contributed by atoms with E-state index in [9.17, 15) is 14.7 Å². The van der Waals surface area contributed by atoms with Crippen LogP contribution >= 0.6 is 0 Å². The molecule has 1 aromatic rings. The van der Waals surface area contributed by atoms with Crippen molar-refractivity contribution in [2.45, 2.75) is 46.1 Å². The summed E-state index contributed by atoms with van der Waals surface area (Å²) < 4.78 is 0. The molecular weight excluding hydrogens is 268 g/mol. The van der Waals surface area contributed by atoms with Crippen LogP contribution in [0.15, 0.2) is 12.1 Å². The van der Waals surface area contributed by atoms with Crippen molar-refractivity contribution in [1.29, 1.82) is 0 Å². The molecule has 0 saturated heterocycles. The van der Waals surface area contributed by atoms with Gasteiger partial charge in [-0.15, -0.1) is 0 Å². The number of benzene rings is 1. The van der Waals surface area contributed by atoms with Gasteiger partial charge in [-0.25, -0.2) is 4.79 Å². The number of aromatic carboxylic acids is 1. The number of hydrogen-bond donors (Lipinski definition) is 3. The fourth-order valence-electron chi connectivity index (χ4n) is 2.90. The Kier molecular flexibility index (Phi) is 4.05. The van der Waals surface area contributed by atoms with Crippen LogP contribution in [-0.4, -0.2) is 23.0 Å². The lowest BCUT2D eigenvalue weighted by Gasteiger charge is -2.27. The van der Waals surface area contributed by atoms with E-state index in [-0.39, 0.29) is 17.5 Å². The van der Waals surface area contributed by atoms with E-state index in [1.54, 1.807) is 13.0 Å². The number of carbonyl (C=O) groups excluding carboxylic acids is 1. The first-order valence-corrected chi connectivity index (χ1v) is 7.17. The molecule has 1 saturated carbocycles. The summed E-state index contributed by atoms with van der Waals surface area (Å²) in [5, 5.41) is 12.1. The van der Waals surface area contributed by atoms with Gasteiger partial charge >= 0.3 is 5.97 Å². The van der Waals surface area contributed by atoms with Crippen molar-refractivity contribution < 1.29 is 14.7 Å². The minimum atomic E-state index is -0.990. The van der Waals surface area contributed by atoms with Crippen LogP contribution in [0.5, 0.6) is 0 Å². The Bertz CT molecular complexity index is 597. The molecule has 1 amide bonds. The van der Waals surface area contributed by atoms with Gasteiger partial charge < -0.3 is 16.2 Å². The molecule has 1 aliphatic carbocycles. The Morgan fingerprint density at radius 3 is 2.57 bits per heavy atom. The van der Waals surface area contributed by atoms with Gasteiger partial charge in [0.05, 0.1) is 11.0 Å². The highest BCUT2D eigenvalue weighted by Crippen LogP contribution is 2.37. The third-order valence-corrected chi connectivity index (χ3v) is 4.70. The van der Waals surface area contributed by atoms with E-state index < -0.39 is 11.4 Å². The molecule has 1 fully saturated rings. The van der Waals surface area contributed by atoms with Gasteiger partial charge in [0.15, 0.2) is 0 Å². The molecule has 0 aromatic heterocycles. The summed E-state index contributed by atoms with van der Waals surface area (Å²) >= 11 is 0. The Morgan fingerprint density at radius 1 is 1.38 bits per heavy atom. The van der Waals surface area contributed by atoms with Gasteiger partial charge in [-0.05, 0) is 56.9 Å². The third-order valence-electron chi connectivity index (χ3n) is 4.70. The number of anilines is 1. The second kappa shape index (κ2) is 5.48. The first-order valence-electron chi connectivity index (χ1n) is 7.17. The highest BCUT2D eigenvalue weighted by Gasteiger charge is 2.43. The Morgan fingerprint density at radius 2 is 2.05 bits per heavy atom. The van der Waals surface area contributed by atoms with Crippen molar-refractivity contribution in [2.24, 2.45) is 11.1 Å². The topological polar surface area (TPSA) is 92.4 Å². The smallest absolute Gasteiger partial charge is 0.336 e. The summed E-state index contributed by atoms with van der Waals surface area (Å²) in [6.07, 6.45) is 2.55. The first-order chi connectivity index (χ1) is 9.75. The van der Waals surface area contributed by atoms with Crippen LogP contribution in [0.3, 0.4) is 0 Å². The molecule has 4 N–H and O–H groups in total. The lowest BCUT2D eigenvalue weighted by atomic mass is 9.84. The zero-order chi connectivity index (χ0) is 15.8. The summed E-state index contributed by atoms with van der Waals surface area (Å²) in [4.78, 5) is 23.7. The van der Waals surface area contributed by atoms with Crippen molar-refractivity contribution in [3.05, 3.63) is 28.8 Å². The van der Waals surface area contributed by atoms with Gasteiger partial charge in [0, 0.05) is 11.7 Å². The fraction of sp³-hybridized carbons (Fsp3) is 0.500. The Hall–Kier alpha value is -1.88. The van der Waals surface area contributed by atoms with Gasteiger partial charge in [-0.3, -0.25) is 4.79 Å². The number of hydrogen-bond acceptors (Lipinski definition) is 3. The van der Waals surface area contributed by atoms with Crippen LogP contribution in [0.4, 0.5) is 5.69 Å². The molecular formula is C16H22N2O3. The average Bonchev–Trinajstić information content (AvgIpc) is 2.74. The predicted octanol–water partition coefficient (Wildman–Crippen LogP) is 2.46. The zero-order valence-electron chi connectivity index (χ0n) is 12.7. The minimum absolute atomic E-state index is 0.132. The molecule has 0 radical (unpaired) electrons. The number of carboxylic acids is 1. The summed E-state index contributed by atoms with van der Waals surface area (Å²) in [5.74, 6) is -1.12. The molecule has 2 unspecified atom stereocenters. The molecule has 2 rings (SSSR count). The SMILES string of the molecule is Cc1cc(NC(=O)C2(C)CCCC2N)cc(C(=O)O)c1C. The summed E-state index contributed by atoms with van der Waals surface area (Å²) in [7, 11) is 0. The third kappa shape index (κ3) is 2.78. The highest BCUT2D eigenvalue weighted by molar-refractivity contribution is 5.98. The second-order valence-corrected chi connectivity index (χ2v) is 6.14. The van der Waals surface area contributed by atoms with Gasteiger partial charge in [0.2, 0.25) is 5.91 Å². The fourth-order valence-corrected chi connectivity index (χ4v) is 2.90. The molecule has 0 aliphatic heterocycles. The van der Waals surface area contributed by atoms with Crippen LogP contribution in [-0.2, 0) is 4.79 Å². The predicted molar refractivity (Wildman–Crippen MR) is 81.4 cm³/mol. The van der Waals surface area contributed by atoms with E-state index in [0.29, 0.717) is 11.3 Å². The van der Waals surface area contributed by atoms with Crippen molar-refractivity contribution in [3.63, 3.8) is 0 Å². The van der Waals surface area contributed by atoms with Crippen molar-refractivity contribution in [1.82, 2.24) is 0 Å². The number of carbonyl (C=O) groups is 2. The Labute approximate surface area is 124 Å². The summed E-state index contributed by atoms with van der Waals surface area (Å²) in [5.41, 5.74) is 7.74. The van der Waals surface area contributed by atoms with E-state index in [2.05, 4.69) is 5.32 Å². The highest BCUT2D eigenvalue weighted by atomic mass is 16.4. The molecule has 1 aromatic carbocycles. The van der Waals surface area contributed by atoms with Crippen LogP contribution in [0.25, 0.3) is 0 Å². The molecule has 21 heavy (non-hydrogen) atoms. The van der Waals surface area contributed by atoms with Crippen molar-refractivity contribution >= 4 is 17.6 Å². The molecule has 114 valence electrons. The second-order valence-electron chi connectivity index (χ2n) is 6.14. The number of rotatable bonds is 3. The van der Waals surface area contributed by atoms with Crippen LogP contribution < -0.4 is 11.1 Å². The maximum atomic E-state index is 12.5. The first kappa shape index (κ1) is 15.5. The quantitative estimate of drug-likeness (QED) is 0.797. The molecule has 5 heteroatoms. The minimum Gasteiger partial charge on any atom is -0.478 e. The van der Waals surface area contributed by atoms with E-state index in [4.69, 9.17) is 5.73 Å². The van der Waals surface area contributed by atoms with Gasteiger partial charge in [0.1, 0.15) is 0 Å². The van der Waals surface area contributed by atoms with E-state index in [1.165, 1.54) is 6.07 Å². The normalized spacial score (nSPS) is 24.9. The number of carboxylic acid groups (broad SMARTS) is 1.